The second-order valence-corrected chi connectivity index (χ2v) is 5.20. The van der Waals surface area contributed by atoms with E-state index in [1.165, 1.54) is 0 Å². The standard InChI is InChI=1S/C7H14O3Si/c8-2-4-5(11)1-6-7(4,3-9)10-6/h4-6,8-9H,1-3H2,11H3/t4-,5+,6-,7+/m1/s1. The van der Waals surface area contributed by atoms with Crippen LogP contribution in [0.2, 0.25) is 5.54 Å². The zero-order valence-corrected chi connectivity index (χ0v) is 8.66. The molecule has 1 heterocycles. The van der Waals surface area contributed by atoms with Gasteiger partial charge in [-0.05, 0) is 12.0 Å². The molecule has 4 atom stereocenters. The summed E-state index contributed by atoms with van der Waals surface area (Å²) in [5, 5.41) is 18.1. The smallest absolute Gasteiger partial charge is 0.123 e. The molecule has 1 aliphatic heterocycles. The lowest BCUT2D eigenvalue weighted by Crippen LogP contribution is -2.31. The molecule has 2 fully saturated rings. The number of rotatable bonds is 2. The molecule has 0 unspecified atom stereocenters. The van der Waals surface area contributed by atoms with E-state index in [1.54, 1.807) is 0 Å². The molecule has 11 heavy (non-hydrogen) atoms. The molecular weight excluding hydrogens is 160 g/mol. The summed E-state index contributed by atoms with van der Waals surface area (Å²) >= 11 is 0. The number of aliphatic hydroxyl groups is 2. The van der Waals surface area contributed by atoms with Crippen molar-refractivity contribution in [2.45, 2.75) is 23.7 Å². The van der Waals surface area contributed by atoms with E-state index in [4.69, 9.17) is 14.9 Å². The molecule has 64 valence electrons. The van der Waals surface area contributed by atoms with E-state index in [0.29, 0.717) is 5.54 Å². The van der Waals surface area contributed by atoms with Crippen molar-refractivity contribution >= 4 is 10.2 Å². The van der Waals surface area contributed by atoms with Gasteiger partial charge in [0.15, 0.2) is 0 Å². The van der Waals surface area contributed by atoms with Crippen LogP contribution in [0.15, 0.2) is 0 Å². The van der Waals surface area contributed by atoms with Gasteiger partial charge >= 0.3 is 0 Å². The molecule has 2 aliphatic rings. The summed E-state index contributed by atoms with van der Waals surface area (Å²) in [5.74, 6) is 0.212. The first kappa shape index (κ1) is 7.73. The Balaban J connectivity index is 2.14. The lowest BCUT2D eigenvalue weighted by molar-refractivity contribution is 0.0763. The van der Waals surface area contributed by atoms with Gasteiger partial charge in [0.2, 0.25) is 0 Å². The fourth-order valence-electron chi connectivity index (χ4n) is 2.38. The van der Waals surface area contributed by atoms with Gasteiger partial charge in [-0.15, -0.1) is 0 Å². The topological polar surface area (TPSA) is 53.0 Å². The fraction of sp³-hybridized carbons (Fsp3) is 1.00. The molecule has 2 N–H and O–H groups in total. The number of aliphatic hydroxyl groups excluding tert-OH is 2. The van der Waals surface area contributed by atoms with Gasteiger partial charge in [-0.2, -0.15) is 0 Å². The molecule has 0 aromatic rings. The van der Waals surface area contributed by atoms with Crippen LogP contribution in [0.3, 0.4) is 0 Å². The van der Waals surface area contributed by atoms with Gasteiger partial charge in [0.05, 0.1) is 12.7 Å². The summed E-state index contributed by atoms with van der Waals surface area (Å²) in [6.07, 6.45) is 1.31. The van der Waals surface area contributed by atoms with E-state index in [9.17, 15) is 0 Å². The van der Waals surface area contributed by atoms with Gasteiger partial charge in [0.1, 0.15) is 5.60 Å². The number of ether oxygens (including phenoxy) is 1. The number of epoxide rings is 1. The molecule has 0 aromatic carbocycles. The minimum Gasteiger partial charge on any atom is -0.396 e. The maximum Gasteiger partial charge on any atom is 0.123 e. The van der Waals surface area contributed by atoms with Crippen LogP contribution in [0.5, 0.6) is 0 Å². The molecule has 3 nitrogen and oxygen atoms in total. The molecule has 4 heteroatoms. The first-order chi connectivity index (χ1) is 5.24. The third kappa shape index (κ3) is 0.839. The third-order valence-corrected chi connectivity index (χ3v) is 4.47. The van der Waals surface area contributed by atoms with Crippen LogP contribution in [0.4, 0.5) is 0 Å². The van der Waals surface area contributed by atoms with Crippen molar-refractivity contribution in [3.63, 3.8) is 0 Å². The van der Waals surface area contributed by atoms with Gasteiger partial charge in [0, 0.05) is 22.8 Å². The monoisotopic (exact) mass is 174 g/mol. The van der Waals surface area contributed by atoms with Crippen LogP contribution in [-0.2, 0) is 4.74 Å². The minimum absolute atomic E-state index is 0.0850. The molecule has 1 aliphatic carbocycles. The highest BCUT2D eigenvalue weighted by atomic mass is 28.1. The van der Waals surface area contributed by atoms with E-state index < -0.39 is 0 Å². The summed E-state index contributed by atoms with van der Waals surface area (Å²) in [6.45, 7) is 0.257. The van der Waals surface area contributed by atoms with Gasteiger partial charge in [0.25, 0.3) is 0 Å². The molecule has 0 amide bonds. The zero-order valence-electron chi connectivity index (χ0n) is 6.66. The van der Waals surface area contributed by atoms with Crippen molar-refractivity contribution < 1.29 is 14.9 Å². The Morgan fingerprint density at radius 3 is 2.73 bits per heavy atom. The van der Waals surface area contributed by atoms with E-state index in [2.05, 4.69) is 0 Å². The van der Waals surface area contributed by atoms with Gasteiger partial charge in [-0.3, -0.25) is 0 Å². The van der Waals surface area contributed by atoms with Crippen LogP contribution < -0.4 is 0 Å². The molecule has 1 saturated carbocycles. The fourth-order valence-corrected chi connectivity index (χ4v) is 3.58. The van der Waals surface area contributed by atoms with Crippen LogP contribution >= 0.6 is 0 Å². The van der Waals surface area contributed by atoms with Crippen molar-refractivity contribution in [2.75, 3.05) is 13.2 Å². The van der Waals surface area contributed by atoms with E-state index in [0.717, 1.165) is 16.7 Å². The number of fused-ring (bicyclic) bond motifs is 1. The lowest BCUT2D eigenvalue weighted by atomic mass is 9.96. The Kier molecular flexibility index (Phi) is 1.61. The first-order valence-electron chi connectivity index (χ1n) is 4.14. The molecule has 0 bridgehead atoms. The summed E-state index contributed by atoms with van der Waals surface area (Å²) in [7, 11) is 1.10. The maximum atomic E-state index is 9.07. The summed E-state index contributed by atoms with van der Waals surface area (Å²) in [4.78, 5) is 0. The Morgan fingerprint density at radius 2 is 2.27 bits per heavy atom. The highest BCUT2D eigenvalue weighted by Crippen LogP contribution is 2.57. The van der Waals surface area contributed by atoms with Gasteiger partial charge < -0.3 is 14.9 Å². The molecule has 0 aromatic heterocycles. The van der Waals surface area contributed by atoms with E-state index in [-0.39, 0.29) is 30.8 Å². The quantitative estimate of drug-likeness (QED) is 0.387. The highest BCUT2D eigenvalue weighted by Gasteiger charge is 2.66. The predicted molar refractivity (Wildman–Crippen MR) is 43.6 cm³/mol. The third-order valence-electron chi connectivity index (χ3n) is 3.19. The van der Waals surface area contributed by atoms with Gasteiger partial charge in [-0.25, -0.2) is 0 Å². The second kappa shape index (κ2) is 2.29. The number of hydrogen-bond acceptors (Lipinski definition) is 3. The zero-order chi connectivity index (χ0) is 8.06. The van der Waals surface area contributed by atoms with Crippen LogP contribution in [-0.4, -0.2) is 45.4 Å². The molecule has 0 spiro atoms. The average molecular weight is 174 g/mol. The van der Waals surface area contributed by atoms with Crippen LogP contribution in [0.1, 0.15) is 6.42 Å². The Morgan fingerprint density at radius 1 is 1.55 bits per heavy atom. The predicted octanol–water partition coefficient (Wildman–Crippen LogP) is -1.72. The maximum absolute atomic E-state index is 9.07. The summed E-state index contributed by atoms with van der Waals surface area (Å²) in [6, 6.07) is 0. The molecule has 1 saturated heterocycles. The van der Waals surface area contributed by atoms with Gasteiger partial charge in [-0.1, -0.05) is 0 Å². The first-order valence-corrected chi connectivity index (χ1v) is 5.29. The number of hydrogen-bond donors (Lipinski definition) is 2. The SMILES string of the molecule is OC[C@@H]1[C@@H]([SiH3])C[C@H]2O[C@@]12CO. The molecule has 0 radical (unpaired) electrons. The van der Waals surface area contributed by atoms with Crippen LogP contribution in [0.25, 0.3) is 0 Å². The van der Waals surface area contributed by atoms with Crippen molar-refractivity contribution in [3.8, 4) is 0 Å². The largest absolute Gasteiger partial charge is 0.396 e. The van der Waals surface area contributed by atoms with Crippen LogP contribution in [0, 0.1) is 5.92 Å². The highest BCUT2D eigenvalue weighted by molar-refractivity contribution is 6.12. The minimum atomic E-state index is -0.318. The summed E-state index contributed by atoms with van der Waals surface area (Å²) < 4.78 is 5.38. The normalized spacial score (nSPS) is 54.5. The Hall–Kier alpha value is 0.0969. The van der Waals surface area contributed by atoms with Crippen molar-refractivity contribution in [2.24, 2.45) is 5.92 Å². The van der Waals surface area contributed by atoms with E-state index >= 15 is 0 Å². The molecule has 2 rings (SSSR count). The van der Waals surface area contributed by atoms with Crippen molar-refractivity contribution in [3.05, 3.63) is 0 Å². The second-order valence-electron chi connectivity index (χ2n) is 3.72. The van der Waals surface area contributed by atoms with Crippen molar-refractivity contribution in [1.29, 1.82) is 0 Å². The molecular formula is C7H14O3Si. The summed E-state index contributed by atoms with van der Waals surface area (Å²) in [5.41, 5.74) is 0.312. The average Bonchev–Trinajstić information content (AvgIpc) is 2.60. The Labute approximate surface area is 68.8 Å². The van der Waals surface area contributed by atoms with Crippen molar-refractivity contribution in [1.82, 2.24) is 0 Å². The van der Waals surface area contributed by atoms with E-state index in [1.807, 2.05) is 0 Å². The lowest BCUT2D eigenvalue weighted by Gasteiger charge is -2.20. The Bertz CT molecular complexity index is 171.